The lowest BCUT2D eigenvalue weighted by atomic mass is 10.1. The highest BCUT2D eigenvalue weighted by Gasteiger charge is 2.05. The molecular formula is C19H15FN2O2. The van der Waals surface area contributed by atoms with Gasteiger partial charge in [0.2, 0.25) is 0 Å². The topological polar surface area (TPSA) is 50.7 Å². The monoisotopic (exact) mass is 322 g/mol. The van der Waals surface area contributed by atoms with Crippen molar-refractivity contribution in [2.75, 3.05) is 6.61 Å². The van der Waals surface area contributed by atoms with Gasteiger partial charge in [0.1, 0.15) is 0 Å². The molecule has 5 heteroatoms. The third-order valence-electron chi connectivity index (χ3n) is 3.37. The number of carbonyl (C=O) groups is 1. The molecule has 0 aliphatic heterocycles. The first-order valence-corrected chi connectivity index (χ1v) is 7.40. The Morgan fingerprint density at radius 1 is 1.04 bits per heavy atom. The maximum Gasteiger partial charge on any atom is 0.277 e. The average molecular weight is 322 g/mol. The fourth-order valence-electron chi connectivity index (χ4n) is 2.20. The maximum atomic E-state index is 13.4. The predicted octanol–water partition coefficient (Wildman–Crippen LogP) is 3.51. The molecule has 1 N–H and O–H groups in total. The van der Waals surface area contributed by atoms with Gasteiger partial charge in [0.05, 0.1) is 6.21 Å². The third kappa shape index (κ3) is 3.95. The van der Waals surface area contributed by atoms with Crippen LogP contribution in [0.15, 0.2) is 71.8 Å². The van der Waals surface area contributed by atoms with Crippen LogP contribution in [0.5, 0.6) is 5.75 Å². The van der Waals surface area contributed by atoms with Crippen molar-refractivity contribution in [3.63, 3.8) is 0 Å². The molecule has 0 aromatic heterocycles. The summed E-state index contributed by atoms with van der Waals surface area (Å²) in [5.74, 6) is -0.939. The van der Waals surface area contributed by atoms with E-state index >= 15 is 0 Å². The molecule has 3 aromatic carbocycles. The summed E-state index contributed by atoms with van der Waals surface area (Å²) in [5.41, 5.74) is 3.22. The molecule has 24 heavy (non-hydrogen) atoms. The minimum Gasteiger partial charge on any atom is -0.481 e. The lowest BCUT2D eigenvalue weighted by Crippen LogP contribution is -2.24. The lowest BCUT2D eigenvalue weighted by Gasteiger charge is -2.05. The van der Waals surface area contributed by atoms with Crippen molar-refractivity contribution in [2.45, 2.75) is 0 Å². The number of para-hydroxylation sites is 1. The number of ether oxygens (including phenoxy) is 1. The van der Waals surface area contributed by atoms with Gasteiger partial charge in [0.25, 0.3) is 5.91 Å². The Morgan fingerprint density at radius 3 is 2.62 bits per heavy atom. The Morgan fingerprint density at radius 2 is 1.79 bits per heavy atom. The molecule has 0 saturated heterocycles. The summed E-state index contributed by atoms with van der Waals surface area (Å²) in [4.78, 5) is 11.7. The van der Waals surface area contributed by atoms with Crippen LogP contribution in [0.4, 0.5) is 4.39 Å². The van der Waals surface area contributed by atoms with Gasteiger partial charge in [-0.25, -0.2) is 9.82 Å². The summed E-state index contributed by atoms with van der Waals surface area (Å²) in [6.45, 7) is -0.310. The van der Waals surface area contributed by atoms with Crippen LogP contribution < -0.4 is 10.2 Å². The minimum absolute atomic E-state index is 0.0335. The molecule has 0 atom stereocenters. The summed E-state index contributed by atoms with van der Waals surface area (Å²) >= 11 is 0. The zero-order valence-corrected chi connectivity index (χ0v) is 12.8. The Kier molecular flexibility index (Phi) is 4.81. The second-order valence-corrected chi connectivity index (χ2v) is 5.12. The molecule has 4 nitrogen and oxygen atoms in total. The molecule has 0 aliphatic carbocycles. The number of carbonyl (C=O) groups excluding carboxylic acids is 1. The van der Waals surface area contributed by atoms with Crippen molar-refractivity contribution in [2.24, 2.45) is 5.10 Å². The molecule has 3 rings (SSSR count). The van der Waals surface area contributed by atoms with E-state index in [1.165, 1.54) is 12.1 Å². The van der Waals surface area contributed by atoms with Crippen molar-refractivity contribution in [1.29, 1.82) is 0 Å². The van der Waals surface area contributed by atoms with E-state index in [9.17, 15) is 9.18 Å². The number of nitrogens with one attached hydrogen (secondary N) is 1. The van der Waals surface area contributed by atoms with Crippen LogP contribution in [0.2, 0.25) is 0 Å². The van der Waals surface area contributed by atoms with Gasteiger partial charge in [-0.2, -0.15) is 5.10 Å². The van der Waals surface area contributed by atoms with Crippen molar-refractivity contribution in [3.8, 4) is 5.75 Å². The van der Waals surface area contributed by atoms with Crippen LogP contribution in [0.25, 0.3) is 10.8 Å². The summed E-state index contributed by atoms with van der Waals surface area (Å²) in [6, 6.07) is 19.8. The molecule has 1 amide bonds. The number of benzene rings is 3. The van der Waals surface area contributed by atoms with Crippen LogP contribution in [-0.4, -0.2) is 18.7 Å². The number of amides is 1. The van der Waals surface area contributed by atoms with Crippen LogP contribution in [0, 0.1) is 5.82 Å². The molecule has 0 unspecified atom stereocenters. The fraction of sp³-hybridized carbons (Fsp3) is 0.0526. The number of halogens is 1. The van der Waals surface area contributed by atoms with Gasteiger partial charge in [-0.05, 0) is 34.5 Å². The highest BCUT2D eigenvalue weighted by molar-refractivity contribution is 5.90. The van der Waals surface area contributed by atoms with E-state index in [2.05, 4.69) is 10.5 Å². The normalized spacial score (nSPS) is 10.9. The molecule has 0 fully saturated rings. The summed E-state index contributed by atoms with van der Waals surface area (Å²) in [7, 11) is 0. The third-order valence-corrected chi connectivity index (χ3v) is 3.37. The SMILES string of the molecule is O=C(COc1ccccc1F)N/N=C/c1ccc2ccccc2c1. The Balaban J connectivity index is 1.55. The molecular weight excluding hydrogens is 307 g/mol. The van der Waals surface area contributed by atoms with E-state index in [1.807, 2.05) is 42.5 Å². The smallest absolute Gasteiger partial charge is 0.277 e. The molecule has 0 radical (unpaired) electrons. The van der Waals surface area contributed by atoms with Gasteiger partial charge >= 0.3 is 0 Å². The number of hydrogen-bond donors (Lipinski definition) is 1. The number of rotatable bonds is 5. The van der Waals surface area contributed by atoms with E-state index in [1.54, 1.807) is 18.3 Å². The number of nitrogens with zero attached hydrogens (tertiary/aromatic N) is 1. The van der Waals surface area contributed by atoms with E-state index in [0.29, 0.717) is 0 Å². The second kappa shape index (κ2) is 7.37. The minimum atomic E-state index is -0.509. The van der Waals surface area contributed by atoms with Gasteiger partial charge in [0, 0.05) is 0 Å². The van der Waals surface area contributed by atoms with Gasteiger partial charge in [-0.3, -0.25) is 4.79 Å². The number of hydrogen-bond acceptors (Lipinski definition) is 3. The van der Waals surface area contributed by atoms with Crippen LogP contribution >= 0.6 is 0 Å². The quantitative estimate of drug-likeness (QED) is 0.577. The Bertz CT molecular complexity index is 893. The van der Waals surface area contributed by atoms with Gasteiger partial charge in [-0.1, -0.05) is 48.5 Å². The molecule has 0 bridgehead atoms. The molecule has 120 valence electrons. The second-order valence-electron chi connectivity index (χ2n) is 5.12. The zero-order valence-electron chi connectivity index (χ0n) is 12.8. The van der Waals surface area contributed by atoms with E-state index < -0.39 is 11.7 Å². The molecule has 0 spiro atoms. The summed E-state index contributed by atoms with van der Waals surface area (Å²) in [5, 5.41) is 6.11. The first-order valence-electron chi connectivity index (χ1n) is 7.40. The van der Waals surface area contributed by atoms with Crippen molar-refractivity contribution in [1.82, 2.24) is 5.43 Å². The lowest BCUT2D eigenvalue weighted by molar-refractivity contribution is -0.123. The van der Waals surface area contributed by atoms with Crippen LogP contribution in [-0.2, 0) is 4.79 Å². The number of hydrazone groups is 1. The summed E-state index contributed by atoms with van der Waals surface area (Å²) < 4.78 is 18.5. The molecule has 0 saturated carbocycles. The van der Waals surface area contributed by atoms with E-state index in [0.717, 1.165) is 16.3 Å². The molecule has 0 aliphatic rings. The van der Waals surface area contributed by atoms with Crippen molar-refractivity contribution in [3.05, 3.63) is 78.1 Å². The van der Waals surface area contributed by atoms with Crippen molar-refractivity contribution < 1.29 is 13.9 Å². The first kappa shape index (κ1) is 15.7. The zero-order chi connectivity index (χ0) is 16.8. The largest absolute Gasteiger partial charge is 0.481 e. The Labute approximate surface area is 138 Å². The van der Waals surface area contributed by atoms with Crippen LogP contribution in [0.1, 0.15) is 5.56 Å². The maximum absolute atomic E-state index is 13.4. The predicted molar refractivity (Wildman–Crippen MR) is 91.6 cm³/mol. The van der Waals surface area contributed by atoms with Gasteiger partial charge in [0.15, 0.2) is 18.2 Å². The van der Waals surface area contributed by atoms with Crippen LogP contribution in [0.3, 0.4) is 0 Å². The highest BCUT2D eigenvalue weighted by Crippen LogP contribution is 2.15. The molecule has 3 aromatic rings. The molecule has 0 heterocycles. The number of fused-ring (bicyclic) bond motifs is 1. The standard InChI is InChI=1S/C19H15FN2O2/c20-17-7-3-4-8-18(17)24-13-19(23)22-21-12-14-9-10-15-5-1-2-6-16(15)11-14/h1-12H,13H2,(H,22,23)/b21-12+. The highest BCUT2D eigenvalue weighted by atomic mass is 19.1. The van der Waals surface area contributed by atoms with Gasteiger partial charge < -0.3 is 4.74 Å². The van der Waals surface area contributed by atoms with E-state index in [-0.39, 0.29) is 12.4 Å². The average Bonchev–Trinajstić information content (AvgIpc) is 2.61. The fourth-order valence-corrected chi connectivity index (χ4v) is 2.20. The van der Waals surface area contributed by atoms with Gasteiger partial charge in [-0.15, -0.1) is 0 Å². The Hall–Kier alpha value is -3.21. The van der Waals surface area contributed by atoms with Crippen molar-refractivity contribution >= 4 is 22.9 Å². The summed E-state index contributed by atoms with van der Waals surface area (Å²) in [6.07, 6.45) is 1.55. The van der Waals surface area contributed by atoms with E-state index in [4.69, 9.17) is 4.74 Å². The first-order chi connectivity index (χ1) is 11.7.